The molecule has 2 heterocycles. The van der Waals surface area contributed by atoms with Gasteiger partial charge in [-0.05, 0) is 96.1 Å². The highest BCUT2D eigenvalue weighted by atomic mass is 15.2. The van der Waals surface area contributed by atoms with Crippen LogP contribution in [0.25, 0.3) is 0 Å². The van der Waals surface area contributed by atoms with Crippen molar-refractivity contribution < 1.29 is 0 Å². The Kier molecular flexibility index (Phi) is 6.56. The summed E-state index contributed by atoms with van der Waals surface area (Å²) in [5.74, 6) is 0.270. The Bertz CT molecular complexity index is 1810. The first-order valence-corrected chi connectivity index (χ1v) is 16.2. The lowest BCUT2D eigenvalue weighted by molar-refractivity contribution is 0.590. The maximum Gasteiger partial charge on any atom is 0.226 e. The molecule has 44 heavy (non-hydrogen) atoms. The third-order valence-electron chi connectivity index (χ3n) is 9.97. The van der Waals surface area contributed by atoms with Gasteiger partial charge < -0.3 is 9.80 Å². The van der Waals surface area contributed by atoms with Crippen LogP contribution in [0, 0.1) is 13.8 Å². The van der Waals surface area contributed by atoms with Crippen LogP contribution in [0.15, 0.2) is 108 Å². The van der Waals surface area contributed by atoms with Crippen LogP contribution in [0.1, 0.15) is 70.7 Å². The summed E-state index contributed by atoms with van der Waals surface area (Å²) < 4.78 is 0. The molecular formula is C41H45BN2. The average Bonchev–Trinajstić information content (AvgIpc) is 2.96. The fourth-order valence-electron chi connectivity index (χ4n) is 7.70. The van der Waals surface area contributed by atoms with Gasteiger partial charge in [0.2, 0.25) is 6.71 Å². The number of hydrogen-bond acceptors (Lipinski definition) is 2. The molecule has 0 saturated heterocycles. The van der Waals surface area contributed by atoms with E-state index < -0.39 is 0 Å². The standard InChI is InChI=1S/C41H45BN2/c1-26-10-20-35-33(22-26)42-34-23-27(2)11-21-36(34)44(32-18-14-30(15-19-32)41(7,8)9)38-25-28(3)24-37(39(38)42)43(35)31-16-12-29(13-17-31)40(4,5)6/h10-25,37,39H,1-9H3. The molecule has 0 radical (unpaired) electrons. The van der Waals surface area contributed by atoms with Gasteiger partial charge >= 0.3 is 0 Å². The molecule has 0 spiro atoms. The Morgan fingerprint density at radius 2 is 1.09 bits per heavy atom. The Morgan fingerprint density at radius 1 is 0.591 bits per heavy atom. The molecule has 3 aliphatic rings. The van der Waals surface area contributed by atoms with E-state index in [4.69, 9.17) is 0 Å². The van der Waals surface area contributed by atoms with Crippen molar-refractivity contribution in [1.82, 2.24) is 0 Å². The van der Waals surface area contributed by atoms with E-state index in [1.165, 1.54) is 67.2 Å². The number of fused-ring (bicyclic) bond motifs is 4. The highest BCUT2D eigenvalue weighted by molar-refractivity contribution is 6.90. The van der Waals surface area contributed by atoms with E-state index in [0.717, 1.165) is 0 Å². The zero-order valence-electron chi connectivity index (χ0n) is 27.9. The van der Waals surface area contributed by atoms with Crippen molar-refractivity contribution in [3.63, 3.8) is 0 Å². The number of benzene rings is 4. The van der Waals surface area contributed by atoms with Gasteiger partial charge in [0.1, 0.15) is 0 Å². The summed E-state index contributed by atoms with van der Waals surface area (Å²) in [5.41, 5.74) is 16.3. The summed E-state index contributed by atoms with van der Waals surface area (Å²) in [6.07, 6.45) is 4.97. The molecule has 4 aromatic rings. The Hall–Kier alpha value is -3.98. The minimum absolute atomic E-state index is 0.114. The van der Waals surface area contributed by atoms with E-state index in [1.54, 1.807) is 0 Å². The van der Waals surface area contributed by atoms with Gasteiger partial charge in [0.25, 0.3) is 0 Å². The van der Waals surface area contributed by atoms with E-state index in [0.29, 0.717) is 0 Å². The molecule has 0 bridgehead atoms. The second-order valence-corrected chi connectivity index (χ2v) is 15.4. The van der Waals surface area contributed by atoms with Crippen molar-refractivity contribution in [2.24, 2.45) is 0 Å². The topological polar surface area (TPSA) is 6.48 Å². The SMILES string of the molecule is CC1=CC2C3B(c4cc(C)ccc4N(c4ccc(C(C)(C)C)cc4)C3=C1)c1cc(C)ccc1N2c1ccc(C(C)(C)C)cc1. The molecule has 2 atom stereocenters. The van der Waals surface area contributed by atoms with Gasteiger partial charge in [-0.1, -0.05) is 113 Å². The maximum absolute atomic E-state index is 2.63. The van der Waals surface area contributed by atoms with Gasteiger partial charge in [0.05, 0.1) is 6.04 Å². The van der Waals surface area contributed by atoms with E-state index in [9.17, 15) is 0 Å². The second kappa shape index (κ2) is 10.0. The highest BCUT2D eigenvalue weighted by Gasteiger charge is 2.52. The van der Waals surface area contributed by atoms with Crippen LogP contribution < -0.4 is 20.7 Å². The fraction of sp³-hybridized carbons (Fsp3) is 0.317. The molecule has 0 amide bonds. The first-order chi connectivity index (χ1) is 20.8. The number of aryl methyl sites for hydroxylation is 2. The molecule has 0 aromatic heterocycles. The van der Waals surface area contributed by atoms with Crippen LogP contribution in [0.4, 0.5) is 22.7 Å². The predicted octanol–water partition coefficient (Wildman–Crippen LogP) is 9.39. The van der Waals surface area contributed by atoms with Gasteiger partial charge in [-0.25, -0.2) is 0 Å². The number of hydrogen-bond donors (Lipinski definition) is 0. The summed E-state index contributed by atoms with van der Waals surface area (Å²) in [6.45, 7) is 20.8. The van der Waals surface area contributed by atoms with Crippen LogP contribution in [-0.2, 0) is 10.8 Å². The molecule has 2 aliphatic heterocycles. The monoisotopic (exact) mass is 576 g/mol. The van der Waals surface area contributed by atoms with Gasteiger partial charge in [-0.3, -0.25) is 0 Å². The van der Waals surface area contributed by atoms with Crippen molar-refractivity contribution in [2.45, 2.75) is 85.0 Å². The second-order valence-electron chi connectivity index (χ2n) is 15.4. The lowest BCUT2D eigenvalue weighted by Gasteiger charge is -2.53. The summed E-state index contributed by atoms with van der Waals surface area (Å²) in [4.78, 5) is 5.19. The van der Waals surface area contributed by atoms with Crippen molar-refractivity contribution in [1.29, 1.82) is 0 Å². The van der Waals surface area contributed by atoms with Crippen LogP contribution >= 0.6 is 0 Å². The summed E-state index contributed by atoms with van der Waals surface area (Å²) in [7, 11) is 0. The van der Waals surface area contributed by atoms with E-state index in [-0.39, 0.29) is 29.4 Å². The molecule has 2 nitrogen and oxygen atoms in total. The lowest BCUT2D eigenvalue weighted by Crippen LogP contribution is -2.63. The highest BCUT2D eigenvalue weighted by Crippen LogP contribution is 2.51. The smallest absolute Gasteiger partial charge is 0.226 e. The van der Waals surface area contributed by atoms with Crippen molar-refractivity contribution >= 4 is 40.4 Å². The largest absolute Gasteiger partial charge is 0.335 e. The summed E-state index contributed by atoms with van der Waals surface area (Å²) in [6, 6.07) is 33.0. The van der Waals surface area contributed by atoms with Crippen LogP contribution in [0.2, 0.25) is 5.82 Å². The van der Waals surface area contributed by atoms with Crippen molar-refractivity contribution in [3.05, 3.63) is 131 Å². The van der Waals surface area contributed by atoms with Gasteiger partial charge in [0.15, 0.2) is 0 Å². The molecule has 222 valence electrons. The zero-order chi connectivity index (χ0) is 31.1. The molecular weight excluding hydrogens is 531 g/mol. The van der Waals surface area contributed by atoms with Crippen molar-refractivity contribution in [2.75, 3.05) is 9.80 Å². The fourth-order valence-corrected chi connectivity index (χ4v) is 7.70. The quantitative estimate of drug-likeness (QED) is 0.219. The summed E-state index contributed by atoms with van der Waals surface area (Å²) >= 11 is 0. The average molecular weight is 577 g/mol. The van der Waals surface area contributed by atoms with Crippen LogP contribution in [0.5, 0.6) is 0 Å². The van der Waals surface area contributed by atoms with Gasteiger partial charge in [-0.2, -0.15) is 0 Å². The molecule has 0 fully saturated rings. The Morgan fingerprint density at radius 3 is 1.64 bits per heavy atom. The first-order valence-electron chi connectivity index (χ1n) is 16.2. The van der Waals surface area contributed by atoms with Crippen molar-refractivity contribution in [3.8, 4) is 0 Å². The molecule has 7 rings (SSSR count). The molecule has 3 heteroatoms. The third-order valence-corrected chi connectivity index (χ3v) is 9.97. The summed E-state index contributed by atoms with van der Waals surface area (Å²) in [5, 5.41) is 0. The van der Waals surface area contributed by atoms with E-state index in [2.05, 4.69) is 169 Å². The van der Waals surface area contributed by atoms with Crippen LogP contribution in [-0.4, -0.2) is 12.8 Å². The van der Waals surface area contributed by atoms with Crippen LogP contribution in [0.3, 0.4) is 0 Å². The number of allylic oxidation sites excluding steroid dienone is 2. The first kappa shape index (κ1) is 28.8. The number of anilines is 4. The zero-order valence-corrected chi connectivity index (χ0v) is 27.9. The Labute approximate surface area is 265 Å². The minimum atomic E-state index is 0.114. The molecule has 1 aliphatic carbocycles. The molecule has 0 saturated carbocycles. The number of nitrogens with zero attached hydrogens (tertiary/aromatic N) is 2. The molecule has 2 unspecified atom stereocenters. The lowest BCUT2D eigenvalue weighted by atomic mass is 9.28. The number of rotatable bonds is 2. The maximum atomic E-state index is 2.63. The third kappa shape index (κ3) is 4.64. The van der Waals surface area contributed by atoms with E-state index >= 15 is 0 Å². The van der Waals surface area contributed by atoms with E-state index in [1.807, 2.05) is 0 Å². The predicted molar refractivity (Wildman–Crippen MR) is 191 cm³/mol. The van der Waals surface area contributed by atoms with Gasteiger partial charge in [-0.15, -0.1) is 0 Å². The van der Waals surface area contributed by atoms with Gasteiger partial charge in [0, 0.05) is 34.3 Å². The minimum Gasteiger partial charge on any atom is -0.335 e. The molecule has 4 aromatic carbocycles. The molecule has 0 N–H and O–H groups in total. The normalized spacial score (nSPS) is 19.2. The Balaban J connectivity index is 1.47.